The number of carbonyl (C=O) groups excluding carboxylic acids is 1. The molecule has 3 aromatic carbocycles. The summed E-state index contributed by atoms with van der Waals surface area (Å²) in [5.41, 5.74) is 2.32. The van der Waals surface area contributed by atoms with Gasteiger partial charge in [0.2, 0.25) is 5.91 Å². The number of hydrogen-bond donors (Lipinski definition) is 3. The van der Waals surface area contributed by atoms with Crippen molar-refractivity contribution in [3.8, 4) is 17.2 Å². The van der Waals surface area contributed by atoms with Gasteiger partial charge in [-0.25, -0.2) is 5.90 Å². The highest BCUT2D eigenvalue weighted by atomic mass is 35.5. The molecule has 0 aliphatic rings. The molecule has 0 saturated heterocycles. The van der Waals surface area contributed by atoms with Crippen molar-refractivity contribution in [2.24, 2.45) is 5.90 Å². The fourth-order valence-electron chi connectivity index (χ4n) is 3.08. The number of allylic oxidation sites excluding steroid dienone is 2. The second-order valence-corrected chi connectivity index (χ2v) is 8.78. The van der Waals surface area contributed by atoms with E-state index in [-0.39, 0.29) is 18.1 Å². The summed E-state index contributed by atoms with van der Waals surface area (Å²) in [6.45, 7) is 4.11. The van der Waals surface area contributed by atoms with Crippen LogP contribution in [0.4, 0.5) is 5.69 Å². The largest absolute Gasteiger partial charge is 0.504 e. The van der Waals surface area contributed by atoms with Crippen LogP contribution in [0, 0.1) is 0 Å². The molecule has 8 heteroatoms. The van der Waals surface area contributed by atoms with Gasteiger partial charge >= 0.3 is 0 Å². The van der Waals surface area contributed by atoms with Crippen molar-refractivity contribution < 1.29 is 19.5 Å². The third kappa shape index (κ3) is 9.43. The van der Waals surface area contributed by atoms with Crippen LogP contribution in [0.1, 0.15) is 31.4 Å². The number of halogens is 1. The Balaban J connectivity index is 0.00000145. The molecule has 0 aromatic heterocycles. The molecule has 4 N–H and O–H groups in total. The number of benzene rings is 3. The van der Waals surface area contributed by atoms with E-state index in [9.17, 15) is 9.90 Å². The first kappa shape index (κ1) is 29.0. The quantitative estimate of drug-likeness (QED) is 0.249. The number of rotatable bonds is 9. The molecule has 3 aromatic rings. The molecule has 3 rings (SSSR count). The summed E-state index contributed by atoms with van der Waals surface area (Å²) in [6, 6.07) is 19.7. The highest BCUT2D eigenvalue weighted by Gasteiger charge is 2.10. The van der Waals surface area contributed by atoms with Crippen LogP contribution in [0.25, 0.3) is 4.91 Å². The molecule has 1 amide bonds. The maximum atomic E-state index is 12.3. The van der Waals surface area contributed by atoms with E-state index in [0.717, 1.165) is 17.5 Å². The van der Waals surface area contributed by atoms with Gasteiger partial charge in [-0.1, -0.05) is 72.8 Å². The van der Waals surface area contributed by atoms with E-state index in [0.29, 0.717) is 22.2 Å². The second-order valence-electron chi connectivity index (χ2n) is 7.42. The first-order valence-corrected chi connectivity index (χ1v) is 12.5. The van der Waals surface area contributed by atoms with Crippen molar-refractivity contribution in [2.75, 3.05) is 12.4 Å². The van der Waals surface area contributed by atoms with E-state index in [2.05, 4.69) is 34.5 Å². The van der Waals surface area contributed by atoms with Crippen LogP contribution in [-0.4, -0.2) is 18.1 Å². The van der Waals surface area contributed by atoms with Gasteiger partial charge in [-0.05, 0) is 60.2 Å². The SMILES string of the molecule is C/C=C\S/C(=C\CC)c1ccc(Oc2ccc(NC(=O)Cc3ccccc3Cl)cc2O)cc1.CON. The van der Waals surface area contributed by atoms with Gasteiger partial charge < -0.3 is 20.0 Å². The summed E-state index contributed by atoms with van der Waals surface area (Å²) in [7, 11) is 1.40. The molecule has 0 heterocycles. The third-order valence-corrected chi connectivity index (χ3v) is 6.07. The van der Waals surface area contributed by atoms with Crippen molar-refractivity contribution in [3.63, 3.8) is 0 Å². The maximum absolute atomic E-state index is 12.3. The van der Waals surface area contributed by atoms with Crippen LogP contribution in [0.15, 0.2) is 84.3 Å². The van der Waals surface area contributed by atoms with Gasteiger partial charge in [0.1, 0.15) is 5.75 Å². The number of nitrogens with one attached hydrogen (secondary N) is 1. The van der Waals surface area contributed by atoms with Crippen molar-refractivity contribution in [1.29, 1.82) is 0 Å². The number of amides is 1. The summed E-state index contributed by atoms with van der Waals surface area (Å²) in [5.74, 6) is 4.97. The Morgan fingerprint density at radius 3 is 2.44 bits per heavy atom. The zero-order chi connectivity index (χ0) is 26.3. The average molecular weight is 527 g/mol. The van der Waals surface area contributed by atoms with E-state index in [4.69, 9.17) is 16.3 Å². The zero-order valence-corrected chi connectivity index (χ0v) is 22.1. The normalized spacial score (nSPS) is 11.1. The smallest absolute Gasteiger partial charge is 0.228 e. The van der Waals surface area contributed by atoms with Crippen LogP contribution in [-0.2, 0) is 16.1 Å². The lowest BCUT2D eigenvalue weighted by Gasteiger charge is -2.11. The number of carbonyl (C=O) groups is 1. The predicted molar refractivity (Wildman–Crippen MR) is 150 cm³/mol. The molecule has 0 radical (unpaired) electrons. The molecule has 0 aliphatic carbocycles. The van der Waals surface area contributed by atoms with Gasteiger partial charge in [-0.2, -0.15) is 0 Å². The van der Waals surface area contributed by atoms with Crippen molar-refractivity contribution in [3.05, 3.63) is 100 Å². The molecule has 0 unspecified atom stereocenters. The predicted octanol–water partition coefficient (Wildman–Crippen LogP) is 7.54. The van der Waals surface area contributed by atoms with Gasteiger partial charge in [0.25, 0.3) is 0 Å². The molecular formula is C28H31ClN2O4S. The second kappa shape index (κ2) is 15.7. The molecule has 36 heavy (non-hydrogen) atoms. The van der Waals surface area contributed by atoms with E-state index < -0.39 is 0 Å². The van der Waals surface area contributed by atoms with Gasteiger partial charge in [-0.15, -0.1) is 0 Å². The number of thioether (sulfide) groups is 1. The Morgan fingerprint density at radius 2 is 1.83 bits per heavy atom. The molecule has 0 bridgehead atoms. The summed E-state index contributed by atoms with van der Waals surface area (Å²) in [5, 5.41) is 15.8. The van der Waals surface area contributed by atoms with E-state index in [1.165, 1.54) is 18.1 Å². The third-order valence-electron chi connectivity index (χ3n) is 4.64. The topological polar surface area (TPSA) is 93.8 Å². The number of phenolic OH excluding ortho intramolecular Hbond substituents is 1. The Labute approximate surface area is 221 Å². The highest BCUT2D eigenvalue weighted by molar-refractivity contribution is 8.10. The number of nitrogens with two attached hydrogens (primary N) is 1. The fraction of sp³-hybridized carbons (Fsp3) is 0.179. The highest BCUT2D eigenvalue weighted by Crippen LogP contribution is 2.35. The lowest BCUT2D eigenvalue weighted by Crippen LogP contribution is -2.14. The van der Waals surface area contributed by atoms with Crippen LogP contribution in [0.5, 0.6) is 17.2 Å². The standard InChI is InChI=1S/C27H26ClNO3S.CH5NO/c1-3-7-26(33-16-4-2)19-10-13-22(14-11-19)32-25-15-12-21(18-24(25)30)29-27(31)17-20-8-5-6-9-23(20)28;1-3-2/h4-16,18,30H,3,17H2,1-2H3,(H,29,31);2H2,1H3/b16-4-,26-7-;. The van der Waals surface area contributed by atoms with Crippen molar-refractivity contribution in [2.45, 2.75) is 26.7 Å². The van der Waals surface area contributed by atoms with E-state index in [1.54, 1.807) is 30.0 Å². The fourth-order valence-corrected chi connectivity index (χ4v) is 4.10. The Bertz CT molecular complexity index is 1180. The first-order valence-electron chi connectivity index (χ1n) is 11.3. The van der Waals surface area contributed by atoms with Gasteiger partial charge in [0, 0.05) is 21.7 Å². The zero-order valence-electron chi connectivity index (χ0n) is 20.5. The minimum Gasteiger partial charge on any atom is -0.504 e. The van der Waals surface area contributed by atoms with Crippen LogP contribution >= 0.6 is 23.4 Å². The van der Waals surface area contributed by atoms with E-state index in [1.807, 2.05) is 55.5 Å². The average Bonchev–Trinajstić information content (AvgIpc) is 2.86. The molecular weight excluding hydrogens is 496 g/mol. The molecule has 0 aliphatic heterocycles. The monoisotopic (exact) mass is 526 g/mol. The number of hydrogen-bond acceptors (Lipinski definition) is 6. The van der Waals surface area contributed by atoms with Crippen LogP contribution < -0.4 is 16.0 Å². The molecule has 0 fully saturated rings. The molecule has 0 saturated carbocycles. The van der Waals surface area contributed by atoms with Crippen molar-refractivity contribution in [1.82, 2.24) is 0 Å². The molecule has 190 valence electrons. The Kier molecular flexibility index (Phi) is 12.6. The van der Waals surface area contributed by atoms with Gasteiger partial charge in [0.05, 0.1) is 13.5 Å². The minimum atomic E-state index is -0.224. The molecule has 0 atom stereocenters. The molecule has 6 nitrogen and oxygen atoms in total. The van der Waals surface area contributed by atoms with Crippen LogP contribution in [0.2, 0.25) is 5.02 Å². The van der Waals surface area contributed by atoms with Gasteiger partial charge in [-0.3, -0.25) is 4.79 Å². The lowest BCUT2D eigenvalue weighted by molar-refractivity contribution is -0.115. The first-order chi connectivity index (χ1) is 17.4. The number of aromatic hydroxyl groups is 1. The Hall–Kier alpha value is -3.23. The summed E-state index contributed by atoms with van der Waals surface area (Å²) < 4.78 is 5.84. The number of anilines is 1. The summed E-state index contributed by atoms with van der Waals surface area (Å²) >= 11 is 7.79. The van der Waals surface area contributed by atoms with Gasteiger partial charge in [0.15, 0.2) is 11.5 Å². The minimum absolute atomic E-state index is 0.0650. The van der Waals surface area contributed by atoms with Crippen molar-refractivity contribution >= 4 is 39.9 Å². The van der Waals surface area contributed by atoms with E-state index >= 15 is 0 Å². The Morgan fingerprint density at radius 1 is 1.14 bits per heavy atom. The number of ether oxygens (including phenoxy) is 1. The summed E-state index contributed by atoms with van der Waals surface area (Å²) in [6.07, 6.45) is 5.29. The summed E-state index contributed by atoms with van der Waals surface area (Å²) in [4.78, 5) is 17.3. The molecule has 0 spiro atoms. The lowest BCUT2D eigenvalue weighted by atomic mass is 10.1. The maximum Gasteiger partial charge on any atom is 0.228 e. The number of phenols is 1. The van der Waals surface area contributed by atoms with Crippen LogP contribution in [0.3, 0.4) is 0 Å².